The second kappa shape index (κ2) is 25.6. The van der Waals surface area contributed by atoms with Crippen LogP contribution in [0.3, 0.4) is 0 Å². The van der Waals surface area contributed by atoms with Gasteiger partial charge in [0.15, 0.2) is 0 Å². The van der Waals surface area contributed by atoms with E-state index in [0.29, 0.717) is 32.4 Å². The zero-order valence-corrected chi connectivity index (χ0v) is 41.1. The summed E-state index contributed by atoms with van der Waals surface area (Å²) < 4.78 is 18.1. The van der Waals surface area contributed by atoms with Crippen molar-refractivity contribution < 1.29 is 38.2 Å². The number of nitrogens with zero attached hydrogens (tertiary/aromatic N) is 3. The van der Waals surface area contributed by atoms with Gasteiger partial charge < -0.3 is 40.0 Å². The summed E-state index contributed by atoms with van der Waals surface area (Å²) in [6.07, 6.45) is 1.73. The third-order valence-electron chi connectivity index (χ3n) is 12.4. The van der Waals surface area contributed by atoms with Gasteiger partial charge in [0.25, 0.3) is 0 Å². The molecule has 0 unspecified atom stereocenters. The molecule has 0 spiro atoms. The largest absolute Gasteiger partial charge is 0.379 e. The zero-order valence-electron chi connectivity index (χ0n) is 41.1. The van der Waals surface area contributed by atoms with Gasteiger partial charge in [0.1, 0.15) is 12.1 Å². The molecule has 1 saturated heterocycles. The lowest BCUT2D eigenvalue weighted by molar-refractivity contribution is -0.148. The molecule has 1 aliphatic heterocycles. The van der Waals surface area contributed by atoms with Crippen molar-refractivity contribution >= 4 is 29.5 Å². The van der Waals surface area contributed by atoms with Crippen LogP contribution in [-0.2, 0) is 44.6 Å². The van der Waals surface area contributed by atoms with Gasteiger partial charge in [-0.2, -0.15) is 0 Å². The normalized spacial score (nSPS) is 18.5. The number of nitrogens with one attached hydrogen (secondary N) is 3. The van der Waals surface area contributed by atoms with Crippen LogP contribution < -0.4 is 16.0 Å². The number of benzene rings is 1. The summed E-state index contributed by atoms with van der Waals surface area (Å²) in [7, 11) is 8.56. The Morgan fingerprint density at radius 2 is 1.48 bits per heavy atom. The third kappa shape index (κ3) is 15.9. The topological polar surface area (TPSA) is 159 Å². The highest BCUT2D eigenvalue weighted by molar-refractivity contribution is 5.90. The first kappa shape index (κ1) is 54.5. The van der Waals surface area contributed by atoms with Crippen molar-refractivity contribution in [1.82, 2.24) is 30.7 Å². The average molecular weight is 873 g/mol. The maximum Gasteiger partial charge on any atom is 0.245 e. The van der Waals surface area contributed by atoms with Gasteiger partial charge in [-0.25, -0.2) is 0 Å². The highest BCUT2D eigenvalue weighted by Crippen LogP contribution is 2.30. The van der Waals surface area contributed by atoms with Gasteiger partial charge in [0.05, 0.1) is 54.4 Å². The summed E-state index contributed by atoms with van der Waals surface area (Å²) in [4.78, 5) is 75.3. The zero-order chi connectivity index (χ0) is 47.1. The molecule has 0 bridgehead atoms. The van der Waals surface area contributed by atoms with Crippen LogP contribution in [0.15, 0.2) is 30.3 Å². The predicted molar refractivity (Wildman–Crippen MR) is 245 cm³/mol. The SMILES string of the molecule is CC[C@H](C)[C@@H]([C@@H](CC(=O)N1CCC[C@H]1[C@H](OC)[C@@H](C)C(=O)N[C@@H](Cc1ccccc1)C(=O)NCCC(C)(C)OC(C)C)OC)N(C)C(=O)[C@@H](NC(=O)[C@H](C(C)C)N(C)C)C(C)C. The molecule has 0 aliphatic carbocycles. The lowest BCUT2D eigenvalue weighted by atomic mass is 9.89. The number of likely N-dealkylation sites (tertiary alicyclic amines) is 1. The van der Waals surface area contributed by atoms with E-state index >= 15 is 0 Å². The molecular weight excluding hydrogens is 789 g/mol. The molecule has 1 aliphatic rings. The summed E-state index contributed by atoms with van der Waals surface area (Å²) >= 11 is 0. The maximum absolute atomic E-state index is 14.4. The first-order valence-electron chi connectivity index (χ1n) is 22.9. The van der Waals surface area contributed by atoms with Crippen LogP contribution in [0.5, 0.6) is 0 Å². The molecular formula is C48H84N6O8. The Hall–Kier alpha value is -3.59. The van der Waals surface area contributed by atoms with Crippen molar-refractivity contribution in [2.24, 2.45) is 23.7 Å². The van der Waals surface area contributed by atoms with E-state index in [2.05, 4.69) is 16.0 Å². The van der Waals surface area contributed by atoms with Gasteiger partial charge in [-0.3, -0.25) is 28.9 Å². The van der Waals surface area contributed by atoms with Crippen molar-refractivity contribution in [3.8, 4) is 0 Å². The Morgan fingerprint density at radius 1 is 0.855 bits per heavy atom. The lowest BCUT2D eigenvalue weighted by Gasteiger charge is -2.41. The van der Waals surface area contributed by atoms with Crippen LogP contribution in [0.25, 0.3) is 0 Å². The van der Waals surface area contributed by atoms with Gasteiger partial charge in [0.2, 0.25) is 29.5 Å². The molecule has 1 aromatic carbocycles. The Bertz CT molecular complexity index is 1550. The molecule has 1 heterocycles. The van der Waals surface area contributed by atoms with Gasteiger partial charge in [-0.15, -0.1) is 0 Å². The van der Waals surface area contributed by atoms with E-state index in [4.69, 9.17) is 14.2 Å². The smallest absolute Gasteiger partial charge is 0.245 e. The molecule has 5 amide bonds. The quantitative estimate of drug-likeness (QED) is 0.116. The summed E-state index contributed by atoms with van der Waals surface area (Å²) in [5, 5.41) is 9.08. The van der Waals surface area contributed by atoms with Gasteiger partial charge in [-0.05, 0) is 84.4 Å². The average Bonchev–Trinajstić information content (AvgIpc) is 3.68. The number of carbonyl (C=O) groups is 5. The summed E-state index contributed by atoms with van der Waals surface area (Å²) in [5.41, 5.74) is 0.472. The lowest BCUT2D eigenvalue weighted by Crippen LogP contribution is -2.59. The molecule has 354 valence electrons. The van der Waals surface area contributed by atoms with E-state index in [1.54, 1.807) is 38.0 Å². The number of amides is 5. The van der Waals surface area contributed by atoms with Crippen molar-refractivity contribution in [3.63, 3.8) is 0 Å². The molecule has 0 aromatic heterocycles. The molecule has 9 atom stereocenters. The van der Waals surface area contributed by atoms with Gasteiger partial charge in [-0.1, -0.05) is 85.2 Å². The first-order valence-corrected chi connectivity index (χ1v) is 22.9. The molecule has 0 radical (unpaired) electrons. The van der Waals surface area contributed by atoms with Gasteiger partial charge >= 0.3 is 0 Å². The summed E-state index contributed by atoms with van der Waals surface area (Å²) in [5.74, 6) is -2.14. The summed E-state index contributed by atoms with van der Waals surface area (Å²) in [6.45, 7) is 22.5. The minimum atomic E-state index is -0.840. The number of carbonyl (C=O) groups excluding carboxylic acids is 5. The maximum atomic E-state index is 14.4. The van der Waals surface area contributed by atoms with Crippen LogP contribution in [0.2, 0.25) is 0 Å². The number of rotatable bonds is 26. The van der Waals surface area contributed by atoms with Crippen LogP contribution >= 0.6 is 0 Å². The number of ether oxygens (including phenoxy) is 3. The molecule has 0 saturated carbocycles. The Morgan fingerprint density at radius 3 is 2.00 bits per heavy atom. The van der Waals surface area contributed by atoms with Crippen molar-refractivity contribution in [2.75, 3.05) is 48.5 Å². The number of hydrogen-bond donors (Lipinski definition) is 3. The van der Waals surface area contributed by atoms with Crippen molar-refractivity contribution in [1.29, 1.82) is 0 Å². The van der Waals surface area contributed by atoms with E-state index in [9.17, 15) is 24.0 Å². The van der Waals surface area contributed by atoms with Crippen molar-refractivity contribution in [2.45, 2.75) is 169 Å². The van der Waals surface area contributed by atoms with Crippen LogP contribution in [0, 0.1) is 23.7 Å². The Balaban J connectivity index is 2.30. The summed E-state index contributed by atoms with van der Waals surface area (Å²) in [6, 6.07) is 6.67. The van der Waals surface area contributed by atoms with Gasteiger partial charge in [0, 0.05) is 40.8 Å². The van der Waals surface area contributed by atoms with E-state index in [0.717, 1.165) is 18.4 Å². The fraction of sp³-hybridized carbons (Fsp3) is 0.771. The van der Waals surface area contributed by atoms with E-state index < -0.39 is 53.9 Å². The first-order chi connectivity index (χ1) is 29.0. The van der Waals surface area contributed by atoms with Crippen LogP contribution in [0.4, 0.5) is 0 Å². The third-order valence-corrected chi connectivity index (χ3v) is 12.4. The van der Waals surface area contributed by atoms with Crippen molar-refractivity contribution in [3.05, 3.63) is 35.9 Å². The number of likely N-dealkylation sites (N-methyl/N-ethyl adjacent to an activating group) is 2. The minimum absolute atomic E-state index is 0.00370. The molecule has 2 rings (SSSR count). The highest BCUT2D eigenvalue weighted by Gasteiger charge is 2.43. The molecule has 1 aromatic rings. The standard InChI is InChI=1S/C48H84N6O8/c1-17-33(8)42(53(14)47(59)40(30(2)3)51-46(58)41(31(4)5)52(12)13)38(60-15)29-39(55)54-27-21-24-37(54)43(61-16)34(9)44(56)50-36(28-35-22-19-18-20-23-35)45(57)49-26-25-48(10,11)62-32(6)7/h18-20,22-23,30-34,36-38,40-43H,17,21,24-29H2,1-16H3,(H,49,57)(H,50,56)(H,51,58)/t33-,34+,36-,37-,38+,40-,41-,42-,43+/m0/s1. The highest BCUT2D eigenvalue weighted by atomic mass is 16.5. The Labute approximate surface area is 374 Å². The monoisotopic (exact) mass is 873 g/mol. The number of hydrogen-bond acceptors (Lipinski definition) is 9. The molecule has 14 heteroatoms. The minimum Gasteiger partial charge on any atom is -0.379 e. The van der Waals surface area contributed by atoms with Crippen LogP contribution in [-0.4, -0.2) is 147 Å². The Kier molecular flexibility index (Phi) is 22.6. The second-order valence-electron chi connectivity index (χ2n) is 19.2. The predicted octanol–water partition coefficient (Wildman–Crippen LogP) is 5.07. The fourth-order valence-corrected chi connectivity index (χ4v) is 9.08. The second-order valence-corrected chi connectivity index (χ2v) is 19.2. The molecule has 3 N–H and O–H groups in total. The van der Waals surface area contributed by atoms with Crippen LogP contribution in [0.1, 0.15) is 114 Å². The van der Waals surface area contributed by atoms with E-state index in [1.165, 1.54) is 0 Å². The molecule has 62 heavy (non-hydrogen) atoms. The van der Waals surface area contributed by atoms with E-state index in [1.807, 2.05) is 119 Å². The molecule has 14 nitrogen and oxygen atoms in total. The molecule has 1 fully saturated rings. The fourth-order valence-electron chi connectivity index (χ4n) is 9.08. The van der Waals surface area contributed by atoms with E-state index in [-0.39, 0.29) is 59.8 Å². The number of methoxy groups -OCH3 is 2.